The lowest BCUT2D eigenvalue weighted by molar-refractivity contribution is 0.156. The molecule has 0 amide bonds. The van der Waals surface area contributed by atoms with E-state index >= 15 is 0 Å². The van der Waals surface area contributed by atoms with Crippen molar-refractivity contribution in [3.8, 4) is 0 Å². The first-order chi connectivity index (χ1) is 7.52. The third-order valence-corrected chi connectivity index (χ3v) is 4.07. The summed E-state index contributed by atoms with van der Waals surface area (Å²) in [5.41, 5.74) is 4.37. The van der Waals surface area contributed by atoms with Crippen LogP contribution in [0.5, 0.6) is 0 Å². The van der Waals surface area contributed by atoms with Crippen LogP contribution in [0, 0.1) is 19.3 Å². The molecule has 0 bridgehead atoms. The van der Waals surface area contributed by atoms with Crippen molar-refractivity contribution in [1.29, 1.82) is 0 Å². The molecule has 3 nitrogen and oxygen atoms in total. The first-order valence-corrected chi connectivity index (χ1v) is 6.22. The molecule has 17 heavy (non-hydrogen) atoms. The minimum Gasteiger partial charge on any atom is -0.312 e. The zero-order valence-electron chi connectivity index (χ0n) is 11.3. The normalized spacial score (nSPS) is 17.4. The maximum absolute atomic E-state index is 4.44. The summed E-state index contributed by atoms with van der Waals surface area (Å²) in [4.78, 5) is 0. The van der Waals surface area contributed by atoms with Gasteiger partial charge in [-0.2, -0.15) is 5.10 Å². The van der Waals surface area contributed by atoms with Crippen molar-refractivity contribution >= 4 is 12.4 Å². The Balaban J connectivity index is 0.00000144. The van der Waals surface area contributed by atoms with Crippen molar-refractivity contribution < 1.29 is 0 Å². The molecule has 0 atom stereocenters. The second kappa shape index (κ2) is 5.40. The van der Waals surface area contributed by atoms with E-state index in [1.165, 1.54) is 30.5 Å². The monoisotopic (exact) mass is 257 g/mol. The van der Waals surface area contributed by atoms with E-state index < -0.39 is 0 Å². The zero-order valence-corrected chi connectivity index (χ0v) is 12.2. The summed E-state index contributed by atoms with van der Waals surface area (Å²) in [6, 6.07) is 0. The van der Waals surface area contributed by atoms with E-state index in [0.29, 0.717) is 5.41 Å². The van der Waals surface area contributed by atoms with Gasteiger partial charge in [0.2, 0.25) is 0 Å². The lowest BCUT2D eigenvalue weighted by Gasteiger charge is -2.38. The SMILES string of the molecule is Cc1nn(C)c(C)c1CNCC1(C)CCC1.Cl. The van der Waals surface area contributed by atoms with Gasteiger partial charge >= 0.3 is 0 Å². The Bertz CT molecular complexity index is 380. The Morgan fingerprint density at radius 2 is 2.00 bits per heavy atom. The van der Waals surface area contributed by atoms with Gasteiger partial charge in [-0.1, -0.05) is 13.3 Å². The summed E-state index contributed by atoms with van der Waals surface area (Å²) in [6.07, 6.45) is 4.17. The molecule has 0 aromatic carbocycles. The van der Waals surface area contributed by atoms with Crippen LogP contribution < -0.4 is 5.32 Å². The minimum atomic E-state index is 0. The molecule has 1 aliphatic carbocycles. The van der Waals surface area contributed by atoms with E-state index in [9.17, 15) is 0 Å². The molecule has 1 aliphatic rings. The first kappa shape index (κ1) is 14.5. The van der Waals surface area contributed by atoms with Crippen molar-refractivity contribution in [2.75, 3.05) is 6.54 Å². The highest BCUT2D eigenvalue weighted by atomic mass is 35.5. The Kier molecular flexibility index (Phi) is 4.62. The number of halogens is 1. The van der Waals surface area contributed by atoms with Crippen LogP contribution in [0.25, 0.3) is 0 Å². The van der Waals surface area contributed by atoms with E-state index in [0.717, 1.165) is 18.8 Å². The number of hydrogen-bond donors (Lipinski definition) is 1. The molecule has 1 saturated carbocycles. The molecular weight excluding hydrogens is 234 g/mol. The number of nitrogens with one attached hydrogen (secondary N) is 1. The van der Waals surface area contributed by atoms with E-state index in [-0.39, 0.29) is 12.4 Å². The Labute approximate surface area is 110 Å². The Morgan fingerprint density at radius 3 is 2.41 bits per heavy atom. The second-order valence-electron chi connectivity index (χ2n) is 5.54. The van der Waals surface area contributed by atoms with E-state index in [2.05, 4.69) is 31.2 Å². The number of hydrogen-bond acceptors (Lipinski definition) is 2. The summed E-state index contributed by atoms with van der Waals surface area (Å²) in [7, 11) is 2.01. The highest BCUT2D eigenvalue weighted by molar-refractivity contribution is 5.85. The van der Waals surface area contributed by atoms with Crippen LogP contribution in [0.3, 0.4) is 0 Å². The molecule has 0 aliphatic heterocycles. The standard InChI is InChI=1S/C13H23N3.ClH/c1-10-12(11(2)16(4)15-10)8-14-9-13(3)6-5-7-13;/h14H,5-9H2,1-4H3;1H. The summed E-state index contributed by atoms with van der Waals surface area (Å²) in [5, 5.41) is 8.02. The van der Waals surface area contributed by atoms with Gasteiger partial charge in [0, 0.05) is 31.4 Å². The lowest BCUT2D eigenvalue weighted by atomic mass is 9.70. The van der Waals surface area contributed by atoms with Crippen molar-refractivity contribution in [3.63, 3.8) is 0 Å². The van der Waals surface area contributed by atoms with E-state index in [1.54, 1.807) is 0 Å². The van der Waals surface area contributed by atoms with Gasteiger partial charge in [0.25, 0.3) is 0 Å². The highest BCUT2D eigenvalue weighted by Gasteiger charge is 2.31. The summed E-state index contributed by atoms with van der Waals surface area (Å²) in [6.45, 7) is 8.71. The van der Waals surface area contributed by atoms with Crippen LogP contribution in [0.2, 0.25) is 0 Å². The molecular formula is C13H24ClN3. The molecule has 1 heterocycles. The van der Waals surface area contributed by atoms with Gasteiger partial charge in [-0.05, 0) is 32.1 Å². The number of aryl methyl sites for hydroxylation is 2. The smallest absolute Gasteiger partial charge is 0.0641 e. The van der Waals surface area contributed by atoms with Crippen molar-refractivity contribution in [2.45, 2.75) is 46.6 Å². The van der Waals surface area contributed by atoms with Crippen LogP contribution in [0.1, 0.15) is 43.1 Å². The Morgan fingerprint density at radius 1 is 1.35 bits per heavy atom. The number of nitrogens with zero attached hydrogens (tertiary/aromatic N) is 2. The maximum Gasteiger partial charge on any atom is 0.0641 e. The quantitative estimate of drug-likeness (QED) is 0.899. The lowest BCUT2D eigenvalue weighted by Crippen LogP contribution is -2.37. The highest BCUT2D eigenvalue weighted by Crippen LogP contribution is 2.39. The van der Waals surface area contributed by atoms with E-state index in [4.69, 9.17) is 0 Å². The van der Waals surface area contributed by atoms with Crippen LogP contribution in [0.4, 0.5) is 0 Å². The maximum atomic E-state index is 4.44. The van der Waals surface area contributed by atoms with Gasteiger partial charge in [0.1, 0.15) is 0 Å². The molecule has 1 fully saturated rings. The average Bonchev–Trinajstić information content (AvgIpc) is 2.42. The summed E-state index contributed by atoms with van der Waals surface area (Å²) in [5.74, 6) is 0. The molecule has 1 aromatic rings. The third kappa shape index (κ3) is 3.02. The molecule has 0 unspecified atom stereocenters. The summed E-state index contributed by atoms with van der Waals surface area (Å²) < 4.78 is 1.97. The number of aromatic nitrogens is 2. The molecule has 0 spiro atoms. The van der Waals surface area contributed by atoms with Crippen LogP contribution >= 0.6 is 12.4 Å². The molecule has 0 radical (unpaired) electrons. The first-order valence-electron chi connectivity index (χ1n) is 6.22. The predicted octanol–water partition coefficient (Wildman–Crippen LogP) is 2.74. The van der Waals surface area contributed by atoms with Crippen LogP contribution in [-0.2, 0) is 13.6 Å². The fraction of sp³-hybridized carbons (Fsp3) is 0.769. The molecule has 0 saturated heterocycles. The Hall–Kier alpha value is -0.540. The van der Waals surface area contributed by atoms with Crippen LogP contribution in [0.15, 0.2) is 0 Å². The zero-order chi connectivity index (χ0) is 11.8. The van der Waals surface area contributed by atoms with Gasteiger partial charge in [0.15, 0.2) is 0 Å². The van der Waals surface area contributed by atoms with Crippen molar-refractivity contribution in [1.82, 2.24) is 15.1 Å². The van der Waals surface area contributed by atoms with Crippen molar-refractivity contribution in [2.24, 2.45) is 12.5 Å². The molecule has 98 valence electrons. The number of rotatable bonds is 4. The van der Waals surface area contributed by atoms with Gasteiger partial charge < -0.3 is 5.32 Å². The van der Waals surface area contributed by atoms with Gasteiger partial charge in [0.05, 0.1) is 5.69 Å². The molecule has 1 aromatic heterocycles. The van der Waals surface area contributed by atoms with Gasteiger partial charge in [-0.25, -0.2) is 0 Å². The van der Waals surface area contributed by atoms with Gasteiger partial charge in [-0.15, -0.1) is 12.4 Å². The fourth-order valence-corrected chi connectivity index (χ4v) is 2.52. The molecule has 1 N–H and O–H groups in total. The molecule has 2 rings (SSSR count). The largest absolute Gasteiger partial charge is 0.312 e. The van der Waals surface area contributed by atoms with Crippen molar-refractivity contribution in [3.05, 3.63) is 17.0 Å². The average molecular weight is 258 g/mol. The minimum absolute atomic E-state index is 0. The fourth-order valence-electron chi connectivity index (χ4n) is 2.52. The molecule has 4 heteroatoms. The topological polar surface area (TPSA) is 29.9 Å². The second-order valence-corrected chi connectivity index (χ2v) is 5.54. The summed E-state index contributed by atoms with van der Waals surface area (Å²) >= 11 is 0. The van der Waals surface area contributed by atoms with Gasteiger partial charge in [-0.3, -0.25) is 4.68 Å². The van der Waals surface area contributed by atoms with Crippen LogP contribution in [-0.4, -0.2) is 16.3 Å². The third-order valence-electron chi connectivity index (χ3n) is 4.07. The predicted molar refractivity (Wildman–Crippen MR) is 73.6 cm³/mol. The van der Waals surface area contributed by atoms with E-state index in [1.807, 2.05) is 11.7 Å².